The summed E-state index contributed by atoms with van der Waals surface area (Å²) in [5.41, 5.74) is 2.86. The van der Waals surface area contributed by atoms with Crippen molar-refractivity contribution in [1.82, 2.24) is 30.4 Å². The van der Waals surface area contributed by atoms with Crippen molar-refractivity contribution in [3.8, 4) is 0 Å². The number of likely N-dealkylation sites (tertiary alicyclic amines) is 1. The van der Waals surface area contributed by atoms with Crippen molar-refractivity contribution in [2.24, 2.45) is 0 Å². The van der Waals surface area contributed by atoms with Gasteiger partial charge in [0, 0.05) is 43.0 Å². The second-order valence-electron chi connectivity index (χ2n) is 9.79. The number of rotatable bonds is 7. The van der Waals surface area contributed by atoms with E-state index >= 15 is 0 Å². The molecule has 0 bridgehead atoms. The van der Waals surface area contributed by atoms with E-state index in [2.05, 4.69) is 35.7 Å². The topological polar surface area (TPSA) is 133 Å². The lowest BCUT2D eigenvalue weighted by molar-refractivity contribution is 0.0913. The maximum absolute atomic E-state index is 13.1. The zero-order valence-electron chi connectivity index (χ0n) is 21.2. The van der Waals surface area contributed by atoms with Gasteiger partial charge in [-0.25, -0.2) is 18.4 Å². The van der Waals surface area contributed by atoms with E-state index in [9.17, 15) is 13.2 Å². The van der Waals surface area contributed by atoms with Gasteiger partial charge in [0.05, 0.1) is 26.9 Å². The van der Waals surface area contributed by atoms with Gasteiger partial charge in [-0.2, -0.15) is 5.10 Å². The second kappa shape index (κ2) is 10.4. The van der Waals surface area contributed by atoms with Crippen LogP contribution in [0.5, 0.6) is 0 Å². The van der Waals surface area contributed by atoms with Gasteiger partial charge in [-0.1, -0.05) is 12.1 Å². The molecule has 0 unspecified atom stereocenters. The van der Waals surface area contributed by atoms with Crippen molar-refractivity contribution in [2.45, 2.75) is 30.3 Å². The zero-order chi connectivity index (χ0) is 27.0. The van der Waals surface area contributed by atoms with E-state index in [4.69, 9.17) is 0 Å². The molecule has 0 atom stereocenters. The summed E-state index contributed by atoms with van der Waals surface area (Å²) in [5, 5.41) is 15.4. The van der Waals surface area contributed by atoms with Crippen molar-refractivity contribution in [3.05, 3.63) is 71.5 Å². The quantitative estimate of drug-likeness (QED) is 0.270. The summed E-state index contributed by atoms with van der Waals surface area (Å²) in [6, 6.07) is 14.9. The van der Waals surface area contributed by atoms with Crippen molar-refractivity contribution in [3.63, 3.8) is 0 Å². The summed E-state index contributed by atoms with van der Waals surface area (Å²) in [6.45, 7) is 2.46. The second-order valence-corrected chi connectivity index (χ2v) is 12.8. The summed E-state index contributed by atoms with van der Waals surface area (Å²) in [5.74, 6) is 0.546. The predicted octanol–water partition coefficient (Wildman–Crippen LogP) is 4.11. The molecule has 6 rings (SSSR count). The van der Waals surface area contributed by atoms with E-state index < -0.39 is 9.84 Å². The lowest BCUT2D eigenvalue weighted by Crippen LogP contribution is -2.44. The number of sulfone groups is 1. The summed E-state index contributed by atoms with van der Waals surface area (Å²) in [4.78, 5) is 25.9. The van der Waals surface area contributed by atoms with Gasteiger partial charge in [-0.15, -0.1) is 11.3 Å². The Bertz CT molecular complexity index is 1760. The maximum atomic E-state index is 13.1. The molecule has 5 aromatic rings. The van der Waals surface area contributed by atoms with E-state index in [1.165, 1.54) is 23.9 Å². The van der Waals surface area contributed by atoms with Gasteiger partial charge in [0.1, 0.15) is 17.0 Å². The third-order valence-electron chi connectivity index (χ3n) is 6.94. The molecule has 4 heterocycles. The van der Waals surface area contributed by atoms with Gasteiger partial charge in [0.15, 0.2) is 9.84 Å². The van der Waals surface area contributed by atoms with Crippen LogP contribution < -0.4 is 10.6 Å². The van der Waals surface area contributed by atoms with Crippen LogP contribution in [0.2, 0.25) is 0 Å². The third-order valence-corrected chi connectivity index (χ3v) is 9.11. The SMILES string of the molecule is CS(=O)(=O)c1ccc(CN2CCC(NC(=O)c3cc4c(Nc5ccc6cn[nH]c6c5)ncnc4s3)CC2)cc1. The number of piperidine rings is 1. The van der Waals surface area contributed by atoms with Crippen LogP contribution in [0.25, 0.3) is 21.1 Å². The minimum atomic E-state index is -3.19. The predicted molar refractivity (Wildman–Crippen MR) is 152 cm³/mol. The van der Waals surface area contributed by atoms with Crippen LogP contribution in [0.3, 0.4) is 0 Å². The van der Waals surface area contributed by atoms with Gasteiger partial charge in [0.2, 0.25) is 0 Å². The maximum Gasteiger partial charge on any atom is 0.261 e. The fraction of sp³-hybridized carbons (Fsp3) is 0.259. The average molecular weight is 562 g/mol. The van der Waals surface area contributed by atoms with Crippen molar-refractivity contribution in [2.75, 3.05) is 24.7 Å². The molecule has 3 N–H and O–H groups in total. The Hall–Kier alpha value is -3.87. The van der Waals surface area contributed by atoms with Crippen LogP contribution in [0.1, 0.15) is 28.1 Å². The highest BCUT2D eigenvalue weighted by atomic mass is 32.2. The Morgan fingerprint density at radius 1 is 1.10 bits per heavy atom. The van der Waals surface area contributed by atoms with Gasteiger partial charge < -0.3 is 10.6 Å². The monoisotopic (exact) mass is 561 g/mol. The number of amides is 1. The number of carbonyl (C=O) groups is 1. The summed E-state index contributed by atoms with van der Waals surface area (Å²) >= 11 is 1.36. The molecule has 1 amide bonds. The number of nitrogens with zero attached hydrogens (tertiary/aromatic N) is 4. The molecule has 2 aromatic carbocycles. The van der Waals surface area contributed by atoms with Gasteiger partial charge in [0.25, 0.3) is 5.91 Å². The fourth-order valence-electron chi connectivity index (χ4n) is 4.81. The molecule has 0 radical (unpaired) electrons. The molecule has 1 saturated heterocycles. The minimum Gasteiger partial charge on any atom is -0.349 e. The fourth-order valence-corrected chi connectivity index (χ4v) is 6.34. The molecule has 200 valence electrons. The Morgan fingerprint density at radius 3 is 2.67 bits per heavy atom. The molecule has 0 aliphatic carbocycles. The Labute approximate surface area is 229 Å². The highest BCUT2D eigenvalue weighted by Crippen LogP contribution is 2.31. The molecule has 1 fully saturated rings. The number of fused-ring (bicyclic) bond motifs is 2. The average Bonchev–Trinajstić information content (AvgIpc) is 3.57. The molecular weight excluding hydrogens is 534 g/mol. The summed E-state index contributed by atoms with van der Waals surface area (Å²) < 4.78 is 23.4. The standard InChI is InChI=1S/C27H27N7O3S2/c1-39(36,37)21-6-2-17(3-7-21)15-34-10-8-19(9-11-34)32-26(35)24-13-22-25(28-16-29-27(22)38-24)31-20-5-4-18-14-30-33-23(18)12-20/h2-7,12-14,16,19H,8-11,15H2,1H3,(H,30,33)(H,32,35)(H,28,29,31). The smallest absolute Gasteiger partial charge is 0.261 e. The molecule has 0 spiro atoms. The van der Waals surface area contributed by atoms with Crippen molar-refractivity contribution >= 4 is 59.7 Å². The van der Waals surface area contributed by atoms with Crippen LogP contribution in [0, 0.1) is 0 Å². The number of thiophene rings is 1. The van der Waals surface area contributed by atoms with Crippen LogP contribution in [0.4, 0.5) is 11.5 Å². The van der Waals surface area contributed by atoms with Crippen LogP contribution in [-0.2, 0) is 16.4 Å². The van der Waals surface area contributed by atoms with E-state index in [0.717, 1.165) is 64.8 Å². The van der Waals surface area contributed by atoms with Gasteiger partial charge in [-0.05, 0) is 54.8 Å². The number of hydrogen-bond acceptors (Lipinski definition) is 9. The summed E-state index contributed by atoms with van der Waals surface area (Å²) in [7, 11) is -3.19. The van der Waals surface area contributed by atoms with Crippen LogP contribution in [-0.4, -0.2) is 64.8 Å². The molecule has 39 heavy (non-hydrogen) atoms. The molecule has 1 aliphatic rings. The zero-order valence-corrected chi connectivity index (χ0v) is 22.8. The molecule has 1 aliphatic heterocycles. The van der Waals surface area contributed by atoms with Crippen molar-refractivity contribution < 1.29 is 13.2 Å². The van der Waals surface area contributed by atoms with E-state index in [-0.39, 0.29) is 11.9 Å². The number of hydrogen-bond donors (Lipinski definition) is 3. The number of aromatic amines is 1. The Kier molecular flexibility index (Phi) is 6.75. The van der Waals surface area contributed by atoms with E-state index in [1.807, 2.05) is 36.4 Å². The van der Waals surface area contributed by atoms with Gasteiger partial charge >= 0.3 is 0 Å². The number of H-pyrrole nitrogens is 1. The molecule has 3 aromatic heterocycles. The molecule has 12 heteroatoms. The molecular formula is C27H27N7O3S2. The number of anilines is 2. The van der Waals surface area contributed by atoms with Crippen LogP contribution in [0.15, 0.2) is 66.0 Å². The minimum absolute atomic E-state index is 0.0939. The first-order valence-corrected chi connectivity index (χ1v) is 15.3. The molecule has 0 saturated carbocycles. The molecule has 10 nitrogen and oxygen atoms in total. The highest BCUT2D eigenvalue weighted by molar-refractivity contribution is 7.90. The first kappa shape index (κ1) is 25.4. The number of nitrogens with one attached hydrogen (secondary N) is 3. The third kappa shape index (κ3) is 5.63. The van der Waals surface area contributed by atoms with E-state index in [1.54, 1.807) is 18.3 Å². The summed E-state index contributed by atoms with van der Waals surface area (Å²) in [6.07, 6.45) is 6.19. The largest absolute Gasteiger partial charge is 0.349 e. The number of aromatic nitrogens is 4. The normalized spacial score (nSPS) is 15.1. The van der Waals surface area contributed by atoms with E-state index in [0.29, 0.717) is 15.6 Å². The number of carbonyl (C=O) groups excluding carboxylic acids is 1. The Balaban J connectivity index is 1.07. The number of benzene rings is 2. The van der Waals surface area contributed by atoms with Crippen LogP contribution >= 0.6 is 11.3 Å². The van der Waals surface area contributed by atoms with Gasteiger partial charge in [-0.3, -0.25) is 14.8 Å². The first-order valence-electron chi connectivity index (χ1n) is 12.6. The lowest BCUT2D eigenvalue weighted by atomic mass is 10.0. The van der Waals surface area contributed by atoms with Crippen molar-refractivity contribution in [1.29, 1.82) is 0 Å². The Morgan fingerprint density at radius 2 is 1.90 bits per heavy atom. The highest BCUT2D eigenvalue weighted by Gasteiger charge is 2.23. The first-order chi connectivity index (χ1) is 18.8. The lowest BCUT2D eigenvalue weighted by Gasteiger charge is -2.32.